The van der Waals surface area contributed by atoms with E-state index in [-0.39, 0.29) is 11.8 Å². The molecule has 1 heterocycles. The van der Waals surface area contributed by atoms with Crippen LogP contribution in [-0.2, 0) is 9.59 Å². The van der Waals surface area contributed by atoms with E-state index < -0.39 is 11.9 Å². The first-order chi connectivity index (χ1) is 8.58. The number of halogens is 1. The molecule has 6 heteroatoms. The van der Waals surface area contributed by atoms with Gasteiger partial charge in [0.1, 0.15) is 0 Å². The molecule has 0 aliphatic heterocycles. The summed E-state index contributed by atoms with van der Waals surface area (Å²) in [6.45, 7) is 0. The number of aromatic nitrogens is 1. The number of carboxylic acids is 1. The number of nitrogens with one attached hydrogen (secondary N) is 1. The molecular formula is C12H13ClN2O3. The van der Waals surface area contributed by atoms with Crippen LogP contribution < -0.4 is 5.32 Å². The number of carboxylic acid groups (broad SMARTS) is 1. The van der Waals surface area contributed by atoms with E-state index in [0.717, 1.165) is 0 Å². The van der Waals surface area contributed by atoms with Crippen molar-refractivity contribution in [2.45, 2.75) is 19.3 Å². The first-order valence-corrected chi connectivity index (χ1v) is 6.10. The van der Waals surface area contributed by atoms with Crippen molar-refractivity contribution < 1.29 is 14.7 Å². The van der Waals surface area contributed by atoms with Gasteiger partial charge in [-0.15, -0.1) is 0 Å². The zero-order valence-corrected chi connectivity index (χ0v) is 10.4. The summed E-state index contributed by atoms with van der Waals surface area (Å²) in [6, 6.07) is 3.31. The number of carbonyl (C=O) groups is 2. The van der Waals surface area contributed by atoms with E-state index in [2.05, 4.69) is 10.3 Å². The van der Waals surface area contributed by atoms with Gasteiger partial charge in [-0.05, 0) is 31.4 Å². The minimum Gasteiger partial charge on any atom is -0.481 e. The smallest absolute Gasteiger partial charge is 0.306 e. The van der Waals surface area contributed by atoms with Crippen LogP contribution in [0.3, 0.4) is 0 Å². The molecule has 0 saturated heterocycles. The second-order valence-electron chi connectivity index (χ2n) is 4.37. The molecule has 0 radical (unpaired) electrons. The second kappa shape index (κ2) is 5.35. The third-order valence-corrected chi connectivity index (χ3v) is 3.46. The molecule has 1 aromatic rings. The van der Waals surface area contributed by atoms with E-state index >= 15 is 0 Å². The Bertz CT molecular complexity index is 478. The van der Waals surface area contributed by atoms with E-state index in [1.165, 1.54) is 6.20 Å². The summed E-state index contributed by atoms with van der Waals surface area (Å²) >= 11 is 5.88. The summed E-state index contributed by atoms with van der Waals surface area (Å²) in [5.74, 6) is -1.41. The average Bonchev–Trinajstić information content (AvgIpc) is 2.81. The van der Waals surface area contributed by atoms with Gasteiger partial charge in [0.2, 0.25) is 5.91 Å². The Labute approximate surface area is 109 Å². The third-order valence-electron chi connectivity index (χ3n) is 3.15. The van der Waals surface area contributed by atoms with Gasteiger partial charge in [-0.1, -0.05) is 11.6 Å². The van der Waals surface area contributed by atoms with Crippen LogP contribution in [0.1, 0.15) is 19.3 Å². The van der Waals surface area contributed by atoms with Crippen molar-refractivity contribution in [3.8, 4) is 0 Å². The van der Waals surface area contributed by atoms with Crippen molar-refractivity contribution >= 4 is 29.3 Å². The molecular weight excluding hydrogens is 256 g/mol. The lowest BCUT2D eigenvalue weighted by atomic mass is 10.0. The molecule has 2 unspecified atom stereocenters. The molecule has 0 spiro atoms. The summed E-state index contributed by atoms with van der Waals surface area (Å²) in [5, 5.41) is 11.9. The van der Waals surface area contributed by atoms with Crippen molar-refractivity contribution in [2.75, 3.05) is 5.32 Å². The first kappa shape index (κ1) is 12.8. The second-order valence-corrected chi connectivity index (χ2v) is 4.78. The SMILES string of the molecule is O=C(O)C1CCC(C(=O)Nc2ncccc2Cl)C1. The predicted octanol–water partition coefficient (Wildman–Crippen LogP) is 2.17. The summed E-state index contributed by atoms with van der Waals surface area (Å²) in [6.07, 6.45) is 3.05. The number of hydrogen-bond donors (Lipinski definition) is 2. The van der Waals surface area contributed by atoms with Gasteiger partial charge in [0.25, 0.3) is 0 Å². The van der Waals surface area contributed by atoms with Crippen LogP contribution in [0.5, 0.6) is 0 Å². The van der Waals surface area contributed by atoms with Crippen molar-refractivity contribution in [2.24, 2.45) is 11.8 Å². The van der Waals surface area contributed by atoms with Crippen molar-refractivity contribution in [1.82, 2.24) is 4.98 Å². The van der Waals surface area contributed by atoms with E-state index in [0.29, 0.717) is 30.1 Å². The maximum atomic E-state index is 11.9. The summed E-state index contributed by atoms with van der Waals surface area (Å²) in [7, 11) is 0. The number of carbonyl (C=O) groups excluding carboxylic acids is 1. The molecule has 1 aromatic heterocycles. The molecule has 18 heavy (non-hydrogen) atoms. The molecule has 1 fully saturated rings. The van der Waals surface area contributed by atoms with Crippen LogP contribution in [0.4, 0.5) is 5.82 Å². The minimum absolute atomic E-state index is 0.209. The maximum absolute atomic E-state index is 11.9. The van der Waals surface area contributed by atoms with Crippen LogP contribution >= 0.6 is 11.6 Å². The summed E-state index contributed by atoms with van der Waals surface area (Å²) < 4.78 is 0. The fourth-order valence-corrected chi connectivity index (χ4v) is 2.31. The topological polar surface area (TPSA) is 79.3 Å². The number of nitrogens with zero attached hydrogens (tertiary/aromatic N) is 1. The van der Waals surface area contributed by atoms with Gasteiger partial charge < -0.3 is 10.4 Å². The Balaban J connectivity index is 1.98. The lowest BCUT2D eigenvalue weighted by molar-refractivity contribution is -0.141. The third kappa shape index (κ3) is 2.79. The van der Waals surface area contributed by atoms with Gasteiger partial charge in [0, 0.05) is 12.1 Å². The molecule has 1 aliphatic rings. The number of hydrogen-bond acceptors (Lipinski definition) is 3. The largest absolute Gasteiger partial charge is 0.481 e. The molecule has 1 aliphatic carbocycles. The Kier molecular flexibility index (Phi) is 3.81. The van der Waals surface area contributed by atoms with E-state index in [1.807, 2.05) is 0 Å². The monoisotopic (exact) mass is 268 g/mol. The van der Waals surface area contributed by atoms with Gasteiger partial charge in [-0.2, -0.15) is 0 Å². The van der Waals surface area contributed by atoms with Crippen LogP contribution in [-0.4, -0.2) is 22.0 Å². The zero-order chi connectivity index (χ0) is 13.1. The highest BCUT2D eigenvalue weighted by molar-refractivity contribution is 6.33. The lowest BCUT2D eigenvalue weighted by Crippen LogP contribution is -2.22. The number of anilines is 1. The molecule has 1 amide bonds. The normalized spacial score (nSPS) is 22.7. The molecule has 0 bridgehead atoms. The molecule has 5 nitrogen and oxygen atoms in total. The van der Waals surface area contributed by atoms with Crippen molar-refractivity contribution in [3.63, 3.8) is 0 Å². The molecule has 96 valence electrons. The minimum atomic E-state index is -0.832. The Hall–Kier alpha value is -1.62. The standard InChI is InChI=1S/C12H13ClN2O3/c13-9-2-1-5-14-10(9)15-11(16)7-3-4-8(6-7)12(17)18/h1-2,5,7-8H,3-4,6H2,(H,17,18)(H,14,15,16). The Morgan fingerprint density at radius 3 is 2.72 bits per heavy atom. The molecule has 2 rings (SSSR count). The Morgan fingerprint density at radius 1 is 1.39 bits per heavy atom. The zero-order valence-electron chi connectivity index (χ0n) is 9.60. The van der Waals surface area contributed by atoms with Gasteiger partial charge in [0.15, 0.2) is 5.82 Å². The number of aliphatic carboxylic acids is 1. The molecule has 1 saturated carbocycles. The fraction of sp³-hybridized carbons (Fsp3) is 0.417. The van der Waals surface area contributed by atoms with E-state index in [1.54, 1.807) is 12.1 Å². The van der Waals surface area contributed by atoms with Gasteiger partial charge in [0.05, 0.1) is 10.9 Å². The highest BCUT2D eigenvalue weighted by atomic mass is 35.5. The number of rotatable bonds is 3. The molecule has 0 aromatic carbocycles. The average molecular weight is 269 g/mol. The summed E-state index contributed by atoms with van der Waals surface area (Å²) in [4.78, 5) is 26.7. The van der Waals surface area contributed by atoms with Crippen LogP contribution in [0.25, 0.3) is 0 Å². The van der Waals surface area contributed by atoms with Gasteiger partial charge >= 0.3 is 5.97 Å². The quantitative estimate of drug-likeness (QED) is 0.881. The number of pyridine rings is 1. The highest BCUT2D eigenvalue weighted by Crippen LogP contribution is 2.32. The molecule has 2 N–H and O–H groups in total. The van der Waals surface area contributed by atoms with Gasteiger partial charge in [-0.25, -0.2) is 4.98 Å². The van der Waals surface area contributed by atoms with Crippen LogP contribution in [0, 0.1) is 11.8 Å². The van der Waals surface area contributed by atoms with Gasteiger partial charge in [-0.3, -0.25) is 9.59 Å². The van der Waals surface area contributed by atoms with Crippen molar-refractivity contribution in [3.05, 3.63) is 23.4 Å². The van der Waals surface area contributed by atoms with E-state index in [4.69, 9.17) is 16.7 Å². The predicted molar refractivity (Wildman–Crippen MR) is 66.3 cm³/mol. The number of amides is 1. The maximum Gasteiger partial charge on any atom is 0.306 e. The van der Waals surface area contributed by atoms with Crippen LogP contribution in [0.15, 0.2) is 18.3 Å². The van der Waals surface area contributed by atoms with E-state index in [9.17, 15) is 9.59 Å². The lowest BCUT2D eigenvalue weighted by Gasteiger charge is -2.10. The first-order valence-electron chi connectivity index (χ1n) is 5.72. The van der Waals surface area contributed by atoms with Crippen molar-refractivity contribution in [1.29, 1.82) is 0 Å². The highest BCUT2D eigenvalue weighted by Gasteiger charge is 2.34. The molecule has 2 atom stereocenters. The summed E-state index contributed by atoms with van der Waals surface area (Å²) in [5.41, 5.74) is 0. The Morgan fingerprint density at radius 2 is 2.11 bits per heavy atom. The van der Waals surface area contributed by atoms with Crippen LogP contribution in [0.2, 0.25) is 5.02 Å². The fourth-order valence-electron chi connectivity index (χ4n) is 2.14.